The van der Waals surface area contributed by atoms with Gasteiger partial charge in [-0.05, 0) is 38.1 Å². The average Bonchev–Trinajstić information content (AvgIpc) is 3.05. The fourth-order valence-electron chi connectivity index (χ4n) is 2.92. The summed E-state index contributed by atoms with van der Waals surface area (Å²) in [5, 5.41) is 6.25. The molecule has 1 fully saturated rings. The normalized spacial score (nSPS) is 18.4. The number of likely N-dealkylation sites (tertiary alicyclic amines) is 1. The Morgan fingerprint density at radius 1 is 1.28 bits per heavy atom. The maximum atomic E-state index is 12.5. The molecule has 0 bridgehead atoms. The second-order valence-corrected chi connectivity index (χ2v) is 8.41. The minimum atomic E-state index is -4.19. The number of nitrogens with zero attached hydrogens (tertiary/aromatic N) is 2. The summed E-state index contributed by atoms with van der Waals surface area (Å²) in [6.07, 6.45) is -3.59. The Balaban J connectivity index is 0.00000420. The molecule has 0 amide bonds. The van der Waals surface area contributed by atoms with Crippen molar-refractivity contribution >= 4 is 40.0 Å². The smallest absolute Gasteiger partial charge is 0.357 e. The van der Waals surface area contributed by atoms with E-state index in [4.69, 9.17) is 0 Å². The largest absolute Gasteiger partial charge is 0.401 e. The van der Waals surface area contributed by atoms with E-state index >= 15 is 0 Å². The molecule has 1 aromatic rings. The van der Waals surface area contributed by atoms with E-state index in [9.17, 15) is 21.6 Å². The van der Waals surface area contributed by atoms with E-state index in [1.54, 1.807) is 12.1 Å². The van der Waals surface area contributed by atoms with Crippen molar-refractivity contribution in [2.24, 2.45) is 4.99 Å². The minimum absolute atomic E-state index is 0. The van der Waals surface area contributed by atoms with Crippen LogP contribution in [0.25, 0.3) is 0 Å². The summed E-state index contributed by atoms with van der Waals surface area (Å²) in [6, 6.07) is 6.25. The number of aliphatic imine (C=N–C) groups is 1. The van der Waals surface area contributed by atoms with Crippen molar-refractivity contribution in [3.63, 3.8) is 0 Å². The zero-order chi connectivity index (χ0) is 20.8. The molecular formula is C17H27F3IN5O2S. The fourth-order valence-corrected chi connectivity index (χ4v) is 3.65. The summed E-state index contributed by atoms with van der Waals surface area (Å²) in [4.78, 5) is 5.99. The van der Waals surface area contributed by atoms with Gasteiger partial charge in [0.15, 0.2) is 5.96 Å². The molecule has 2 rings (SSSR count). The molecule has 1 atom stereocenters. The monoisotopic (exact) mass is 549 g/mol. The molecule has 1 aromatic carbocycles. The lowest BCUT2D eigenvalue weighted by Crippen LogP contribution is -2.45. The van der Waals surface area contributed by atoms with Crippen LogP contribution in [0.2, 0.25) is 0 Å². The number of rotatable bonds is 7. The zero-order valence-corrected chi connectivity index (χ0v) is 19.4. The standard InChI is InChI=1S/C17H26F3N5O2S.HI/c1-3-22-16(24-14-8-9-25(11-14)12-17(18,19)20)23-10-13-4-6-15(7-5-13)28(26,27)21-2;/h4-7,14,21H,3,8-12H2,1-2H3,(H2,22,23,24);1H. The van der Waals surface area contributed by atoms with Gasteiger partial charge in [0.25, 0.3) is 0 Å². The first kappa shape index (κ1) is 25.9. The van der Waals surface area contributed by atoms with Crippen LogP contribution < -0.4 is 15.4 Å². The van der Waals surface area contributed by atoms with Gasteiger partial charge in [0, 0.05) is 25.7 Å². The second kappa shape index (κ2) is 11.3. The highest BCUT2D eigenvalue weighted by molar-refractivity contribution is 14.0. The lowest BCUT2D eigenvalue weighted by Gasteiger charge is -2.19. The molecule has 0 saturated carbocycles. The van der Waals surface area contributed by atoms with Crippen LogP contribution in [0, 0.1) is 0 Å². The van der Waals surface area contributed by atoms with Crippen molar-refractivity contribution in [2.75, 3.05) is 33.2 Å². The zero-order valence-electron chi connectivity index (χ0n) is 16.3. The molecule has 0 spiro atoms. The number of nitrogens with one attached hydrogen (secondary N) is 3. The molecule has 29 heavy (non-hydrogen) atoms. The van der Waals surface area contributed by atoms with Gasteiger partial charge >= 0.3 is 6.18 Å². The fraction of sp³-hybridized carbons (Fsp3) is 0.588. The maximum absolute atomic E-state index is 12.5. The molecule has 0 aliphatic carbocycles. The molecule has 1 unspecified atom stereocenters. The predicted molar refractivity (Wildman–Crippen MR) is 117 cm³/mol. The first-order chi connectivity index (χ1) is 13.1. The number of sulfonamides is 1. The average molecular weight is 549 g/mol. The van der Waals surface area contributed by atoms with Gasteiger partial charge in [0.2, 0.25) is 10.0 Å². The van der Waals surface area contributed by atoms with Crippen molar-refractivity contribution in [2.45, 2.75) is 37.0 Å². The van der Waals surface area contributed by atoms with Crippen LogP contribution in [0.1, 0.15) is 18.9 Å². The van der Waals surface area contributed by atoms with Gasteiger partial charge in [-0.1, -0.05) is 12.1 Å². The van der Waals surface area contributed by atoms with Gasteiger partial charge in [-0.25, -0.2) is 18.1 Å². The molecular weight excluding hydrogens is 522 g/mol. The minimum Gasteiger partial charge on any atom is -0.357 e. The number of hydrogen-bond donors (Lipinski definition) is 3. The molecule has 12 heteroatoms. The summed E-state index contributed by atoms with van der Waals surface area (Å²) in [5.74, 6) is 0.522. The molecule has 7 nitrogen and oxygen atoms in total. The Labute approximate surface area is 186 Å². The van der Waals surface area contributed by atoms with Gasteiger partial charge in [0.1, 0.15) is 0 Å². The van der Waals surface area contributed by atoms with E-state index in [1.165, 1.54) is 24.1 Å². The highest BCUT2D eigenvalue weighted by Gasteiger charge is 2.34. The Bertz CT molecular complexity index is 772. The van der Waals surface area contributed by atoms with Crippen LogP contribution in [0.4, 0.5) is 13.2 Å². The Hall–Kier alpha value is -1.12. The topological polar surface area (TPSA) is 85.8 Å². The summed E-state index contributed by atoms with van der Waals surface area (Å²) >= 11 is 0. The first-order valence-corrected chi connectivity index (χ1v) is 10.5. The van der Waals surface area contributed by atoms with E-state index in [0.29, 0.717) is 38.6 Å². The van der Waals surface area contributed by atoms with Gasteiger partial charge in [-0.15, -0.1) is 24.0 Å². The third-order valence-electron chi connectivity index (χ3n) is 4.28. The van der Waals surface area contributed by atoms with Crippen LogP contribution in [0.15, 0.2) is 34.2 Å². The molecule has 0 aromatic heterocycles. The molecule has 166 valence electrons. The van der Waals surface area contributed by atoms with Crippen molar-refractivity contribution in [1.29, 1.82) is 0 Å². The van der Waals surface area contributed by atoms with Crippen molar-refractivity contribution in [3.05, 3.63) is 29.8 Å². The van der Waals surface area contributed by atoms with Gasteiger partial charge in [-0.2, -0.15) is 13.2 Å². The second-order valence-electron chi connectivity index (χ2n) is 6.53. The van der Waals surface area contributed by atoms with Gasteiger partial charge in [-0.3, -0.25) is 4.90 Å². The van der Waals surface area contributed by atoms with E-state index in [1.807, 2.05) is 6.92 Å². The number of benzene rings is 1. The molecule has 0 radical (unpaired) electrons. The Kier molecular flexibility index (Phi) is 10.1. The number of hydrogen-bond acceptors (Lipinski definition) is 4. The molecule has 1 heterocycles. The highest BCUT2D eigenvalue weighted by Crippen LogP contribution is 2.20. The van der Waals surface area contributed by atoms with Crippen LogP contribution in [0.5, 0.6) is 0 Å². The van der Waals surface area contributed by atoms with Gasteiger partial charge < -0.3 is 10.6 Å². The molecule has 1 aliphatic rings. The van der Waals surface area contributed by atoms with Crippen molar-refractivity contribution in [1.82, 2.24) is 20.3 Å². The van der Waals surface area contributed by atoms with Gasteiger partial charge in [0.05, 0.1) is 18.0 Å². The molecule has 3 N–H and O–H groups in total. The number of guanidine groups is 1. The molecule has 1 aliphatic heterocycles. The highest BCUT2D eigenvalue weighted by atomic mass is 127. The van der Waals surface area contributed by atoms with E-state index in [0.717, 1.165) is 5.56 Å². The summed E-state index contributed by atoms with van der Waals surface area (Å²) in [5.41, 5.74) is 0.817. The summed E-state index contributed by atoms with van der Waals surface area (Å²) < 4.78 is 63.3. The number of alkyl halides is 3. The number of halogens is 4. The summed E-state index contributed by atoms with van der Waals surface area (Å²) in [7, 11) is -2.14. The lowest BCUT2D eigenvalue weighted by molar-refractivity contribution is -0.143. The van der Waals surface area contributed by atoms with Crippen LogP contribution in [0.3, 0.4) is 0 Å². The summed E-state index contributed by atoms with van der Waals surface area (Å²) in [6.45, 7) is 2.62. The van der Waals surface area contributed by atoms with Crippen molar-refractivity contribution in [3.8, 4) is 0 Å². The van der Waals surface area contributed by atoms with Crippen LogP contribution in [-0.4, -0.2) is 64.7 Å². The third-order valence-corrected chi connectivity index (χ3v) is 5.71. The van der Waals surface area contributed by atoms with Crippen LogP contribution >= 0.6 is 24.0 Å². The van der Waals surface area contributed by atoms with E-state index in [2.05, 4.69) is 20.3 Å². The Morgan fingerprint density at radius 2 is 1.93 bits per heavy atom. The van der Waals surface area contributed by atoms with E-state index < -0.39 is 22.7 Å². The first-order valence-electron chi connectivity index (χ1n) is 8.99. The van der Waals surface area contributed by atoms with E-state index in [-0.39, 0.29) is 34.9 Å². The Morgan fingerprint density at radius 3 is 2.48 bits per heavy atom. The third kappa shape index (κ3) is 8.64. The molecule has 1 saturated heterocycles. The van der Waals surface area contributed by atoms with Crippen LogP contribution in [-0.2, 0) is 16.6 Å². The lowest BCUT2D eigenvalue weighted by atomic mass is 10.2. The SMILES string of the molecule is CCNC(=NCc1ccc(S(=O)(=O)NC)cc1)NC1CCN(CC(F)(F)F)C1.I. The maximum Gasteiger partial charge on any atom is 0.401 e. The van der Waals surface area contributed by atoms with Crippen molar-refractivity contribution < 1.29 is 21.6 Å². The predicted octanol–water partition coefficient (Wildman–Crippen LogP) is 1.90. The quantitative estimate of drug-likeness (QED) is 0.275.